The molecule has 1 aliphatic rings. The number of ether oxygens (including phenoxy) is 1. The number of carbonyl (C=O) groups is 2. The fraction of sp³-hybridized carbons (Fsp3) is 0.194. The fourth-order valence-electron chi connectivity index (χ4n) is 4.74. The molecule has 39 heavy (non-hydrogen) atoms. The van der Waals surface area contributed by atoms with Crippen molar-refractivity contribution in [3.05, 3.63) is 124 Å². The molecule has 198 valence electrons. The normalized spacial score (nSPS) is 16.6. The van der Waals surface area contributed by atoms with Crippen LogP contribution in [-0.4, -0.2) is 37.8 Å². The molecule has 1 atom stereocenters. The Morgan fingerprint density at radius 2 is 1.74 bits per heavy atom. The van der Waals surface area contributed by atoms with Gasteiger partial charge < -0.3 is 19.3 Å². The molecule has 0 radical (unpaired) electrons. The molecule has 0 spiro atoms. The molecule has 2 heterocycles. The lowest BCUT2D eigenvalue weighted by Crippen LogP contribution is -2.31. The SMILES string of the molecule is Cc1ccccc1COc1ccc(/C(O)=C2\C(=O)C(=O)N(CCCn3ccnc3)C2c2ccc(Br)cc2)cc1. The quantitative estimate of drug-likeness (QED) is 0.147. The van der Waals surface area contributed by atoms with Crippen molar-refractivity contribution in [1.29, 1.82) is 0 Å². The number of carbonyl (C=O) groups excluding carboxylic acids is 2. The van der Waals surface area contributed by atoms with E-state index in [1.165, 1.54) is 0 Å². The summed E-state index contributed by atoms with van der Waals surface area (Å²) >= 11 is 3.45. The van der Waals surface area contributed by atoms with E-state index in [9.17, 15) is 14.7 Å². The van der Waals surface area contributed by atoms with E-state index in [1.54, 1.807) is 41.7 Å². The number of aliphatic hydroxyl groups is 1. The third-order valence-electron chi connectivity index (χ3n) is 6.88. The Balaban J connectivity index is 1.41. The molecule has 0 bridgehead atoms. The number of halogens is 1. The van der Waals surface area contributed by atoms with Crippen LogP contribution < -0.4 is 4.74 Å². The Labute approximate surface area is 235 Å². The highest BCUT2D eigenvalue weighted by atomic mass is 79.9. The number of nitrogens with zero attached hydrogens (tertiary/aromatic N) is 3. The molecular formula is C31H28BrN3O4. The summed E-state index contributed by atoms with van der Waals surface area (Å²) in [5, 5.41) is 11.3. The highest BCUT2D eigenvalue weighted by molar-refractivity contribution is 9.10. The van der Waals surface area contributed by atoms with Gasteiger partial charge in [0, 0.05) is 35.5 Å². The van der Waals surface area contributed by atoms with E-state index < -0.39 is 17.7 Å². The van der Waals surface area contributed by atoms with E-state index >= 15 is 0 Å². The molecular weight excluding hydrogens is 558 g/mol. The van der Waals surface area contributed by atoms with E-state index in [-0.39, 0.29) is 11.3 Å². The molecule has 0 aliphatic carbocycles. The van der Waals surface area contributed by atoms with Crippen LogP contribution in [0.15, 0.2) is 102 Å². The van der Waals surface area contributed by atoms with Crippen molar-refractivity contribution >= 4 is 33.4 Å². The molecule has 1 aliphatic heterocycles. The molecule has 1 aromatic heterocycles. The first-order valence-corrected chi connectivity index (χ1v) is 13.5. The first-order valence-electron chi connectivity index (χ1n) is 12.7. The Kier molecular flexibility index (Phi) is 7.93. The summed E-state index contributed by atoms with van der Waals surface area (Å²) in [6.07, 6.45) is 5.90. The van der Waals surface area contributed by atoms with Crippen molar-refractivity contribution in [2.24, 2.45) is 0 Å². The number of benzene rings is 3. The van der Waals surface area contributed by atoms with Gasteiger partial charge in [-0.15, -0.1) is 0 Å². The third-order valence-corrected chi connectivity index (χ3v) is 7.41. The van der Waals surface area contributed by atoms with E-state index in [0.29, 0.717) is 37.4 Å². The minimum absolute atomic E-state index is 0.0820. The summed E-state index contributed by atoms with van der Waals surface area (Å²) in [7, 11) is 0. The van der Waals surface area contributed by atoms with Crippen molar-refractivity contribution in [3.63, 3.8) is 0 Å². The predicted molar refractivity (Wildman–Crippen MR) is 152 cm³/mol. The van der Waals surface area contributed by atoms with Gasteiger partial charge in [-0.1, -0.05) is 52.3 Å². The molecule has 7 nitrogen and oxygen atoms in total. The van der Waals surface area contributed by atoms with Gasteiger partial charge in [-0.3, -0.25) is 9.59 Å². The summed E-state index contributed by atoms with van der Waals surface area (Å²) < 4.78 is 8.73. The second kappa shape index (κ2) is 11.7. The van der Waals surface area contributed by atoms with Gasteiger partial charge in [0.25, 0.3) is 11.7 Å². The van der Waals surface area contributed by atoms with Crippen LogP contribution >= 0.6 is 15.9 Å². The lowest BCUT2D eigenvalue weighted by molar-refractivity contribution is -0.139. The van der Waals surface area contributed by atoms with E-state index in [2.05, 4.69) is 20.9 Å². The zero-order valence-corrected chi connectivity index (χ0v) is 23.0. The molecule has 1 saturated heterocycles. The second-order valence-electron chi connectivity index (χ2n) is 9.44. The van der Waals surface area contributed by atoms with Crippen LogP contribution in [0.1, 0.15) is 34.7 Å². The molecule has 4 aromatic rings. The van der Waals surface area contributed by atoms with Gasteiger partial charge in [0.05, 0.1) is 17.9 Å². The Hall–Kier alpha value is -4.17. The molecule has 0 saturated carbocycles. The van der Waals surface area contributed by atoms with Gasteiger partial charge in [0.1, 0.15) is 18.1 Å². The topological polar surface area (TPSA) is 84.7 Å². The number of hydrogen-bond acceptors (Lipinski definition) is 5. The van der Waals surface area contributed by atoms with Crippen LogP contribution in [0, 0.1) is 6.92 Å². The maximum atomic E-state index is 13.3. The zero-order chi connectivity index (χ0) is 27.4. The van der Waals surface area contributed by atoms with Gasteiger partial charge in [-0.25, -0.2) is 4.98 Å². The smallest absolute Gasteiger partial charge is 0.295 e. The minimum atomic E-state index is -0.696. The van der Waals surface area contributed by atoms with Gasteiger partial charge >= 0.3 is 0 Å². The van der Waals surface area contributed by atoms with E-state index in [4.69, 9.17) is 4.74 Å². The number of hydrogen-bond donors (Lipinski definition) is 1. The summed E-state index contributed by atoms with van der Waals surface area (Å²) in [6.45, 7) is 3.46. The van der Waals surface area contributed by atoms with Crippen molar-refractivity contribution in [3.8, 4) is 5.75 Å². The van der Waals surface area contributed by atoms with Crippen molar-refractivity contribution in [2.75, 3.05) is 6.54 Å². The number of aromatic nitrogens is 2. The summed E-state index contributed by atoms with van der Waals surface area (Å²) in [4.78, 5) is 32.1. The first-order chi connectivity index (χ1) is 18.9. The first kappa shape index (κ1) is 26.4. The number of aliphatic hydroxyl groups excluding tert-OH is 1. The molecule has 8 heteroatoms. The lowest BCUT2D eigenvalue weighted by atomic mass is 9.95. The average Bonchev–Trinajstić information content (AvgIpc) is 3.55. The number of amides is 1. The number of aryl methyl sites for hydroxylation is 2. The standard InChI is InChI=1S/C31H28BrN3O4/c1-21-5-2-3-6-24(21)19-39-26-13-9-23(10-14-26)29(36)27-28(22-7-11-25(32)12-8-22)35(31(38)30(27)37)17-4-16-34-18-15-33-20-34/h2-3,5-15,18,20,28,36H,4,16-17,19H2,1H3/b29-27+. The lowest BCUT2D eigenvalue weighted by Gasteiger charge is -2.25. The largest absolute Gasteiger partial charge is 0.507 e. The van der Waals surface area contributed by atoms with E-state index in [1.807, 2.05) is 66.2 Å². The predicted octanol–water partition coefficient (Wildman–Crippen LogP) is 6.05. The van der Waals surface area contributed by atoms with Crippen molar-refractivity contribution in [1.82, 2.24) is 14.5 Å². The monoisotopic (exact) mass is 585 g/mol. The number of Topliss-reactive ketones (excluding diaryl/α,β-unsaturated/α-hetero) is 1. The Morgan fingerprint density at radius 1 is 1.00 bits per heavy atom. The van der Waals surface area contributed by atoms with Crippen LogP contribution in [0.2, 0.25) is 0 Å². The van der Waals surface area contributed by atoms with Crippen LogP contribution in [0.5, 0.6) is 5.75 Å². The highest BCUT2D eigenvalue weighted by Gasteiger charge is 2.45. The van der Waals surface area contributed by atoms with Gasteiger partial charge in [0.2, 0.25) is 0 Å². The fourth-order valence-corrected chi connectivity index (χ4v) is 5.01. The molecule has 1 N–H and O–H groups in total. The van der Waals surface area contributed by atoms with Gasteiger partial charge in [-0.05, 0) is 66.4 Å². The van der Waals surface area contributed by atoms with Crippen LogP contribution in [0.3, 0.4) is 0 Å². The molecule has 1 fully saturated rings. The van der Waals surface area contributed by atoms with Crippen molar-refractivity contribution in [2.45, 2.75) is 32.5 Å². The second-order valence-corrected chi connectivity index (χ2v) is 10.4. The Bertz CT molecular complexity index is 1500. The number of ketones is 1. The number of likely N-dealkylation sites (tertiary alicyclic amines) is 1. The summed E-state index contributed by atoms with van der Waals surface area (Å²) in [5.41, 5.74) is 3.51. The Morgan fingerprint density at radius 3 is 2.44 bits per heavy atom. The maximum absolute atomic E-state index is 13.3. The van der Waals surface area contributed by atoms with Gasteiger partial charge in [-0.2, -0.15) is 0 Å². The maximum Gasteiger partial charge on any atom is 0.295 e. The van der Waals surface area contributed by atoms with Crippen LogP contribution in [0.4, 0.5) is 0 Å². The zero-order valence-electron chi connectivity index (χ0n) is 21.5. The number of rotatable bonds is 9. The third kappa shape index (κ3) is 5.81. The molecule has 5 rings (SSSR count). The minimum Gasteiger partial charge on any atom is -0.507 e. The summed E-state index contributed by atoms with van der Waals surface area (Å²) in [6, 6.07) is 21.7. The van der Waals surface area contributed by atoms with Crippen LogP contribution in [-0.2, 0) is 22.7 Å². The molecule has 1 amide bonds. The van der Waals surface area contributed by atoms with Crippen LogP contribution in [0.25, 0.3) is 5.76 Å². The van der Waals surface area contributed by atoms with Gasteiger partial charge in [0.15, 0.2) is 0 Å². The molecule has 1 unspecified atom stereocenters. The highest BCUT2D eigenvalue weighted by Crippen LogP contribution is 2.40. The molecule has 3 aromatic carbocycles. The summed E-state index contributed by atoms with van der Waals surface area (Å²) in [5.74, 6) is -0.876. The van der Waals surface area contributed by atoms with Crippen molar-refractivity contribution < 1.29 is 19.4 Å². The van der Waals surface area contributed by atoms with E-state index in [0.717, 1.165) is 21.2 Å². The number of imidazole rings is 1. The average molecular weight is 586 g/mol.